The molecule has 1 fully saturated rings. The largest absolute Gasteiger partial charge is 0.343 e. The van der Waals surface area contributed by atoms with Crippen LogP contribution in [0, 0.1) is 0 Å². The molecule has 1 amide bonds. The third kappa shape index (κ3) is 7.21. The van der Waals surface area contributed by atoms with Crippen molar-refractivity contribution >= 4 is 15.7 Å². The second-order valence-corrected chi connectivity index (χ2v) is 10.1. The minimum atomic E-state index is -3.17. The summed E-state index contributed by atoms with van der Waals surface area (Å²) in [6.45, 7) is 9.00. The number of likely N-dealkylation sites (N-methyl/N-ethyl adjacent to an activating group) is 1. The predicted octanol–water partition coefficient (Wildman–Crippen LogP) is 3.70. The quantitative estimate of drug-likeness (QED) is 0.554. The molecule has 1 saturated heterocycles. The second kappa shape index (κ2) is 11.0. The minimum absolute atomic E-state index is 0.272. The van der Waals surface area contributed by atoms with E-state index < -0.39 is 9.84 Å². The molecule has 0 aromatic heterocycles. The van der Waals surface area contributed by atoms with Gasteiger partial charge in [0.05, 0.1) is 4.90 Å². The minimum Gasteiger partial charge on any atom is -0.343 e. The summed E-state index contributed by atoms with van der Waals surface area (Å²) < 4.78 is 23.6. The molecule has 1 aliphatic rings. The van der Waals surface area contributed by atoms with E-state index in [0.717, 1.165) is 64.0 Å². The van der Waals surface area contributed by atoms with E-state index in [4.69, 9.17) is 0 Å². The van der Waals surface area contributed by atoms with Crippen molar-refractivity contribution in [2.75, 3.05) is 39.0 Å². The summed E-state index contributed by atoms with van der Waals surface area (Å²) in [6.07, 6.45) is 7.43. The Labute approximate surface area is 171 Å². The summed E-state index contributed by atoms with van der Waals surface area (Å²) in [6, 6.07) is 7.31. The first-order valence-electron chi connectivity index (χ1n) is 10.6. The maximum absolute atomic E-state index is 12.1. The fourth-order valence-corrected chi connectivity index (χ4v) is 4.51. The van der Waals surface area contributed by atoms with Crippen LogP contribution >= 0.6 is 0 Å². The Balaban J connectivity index is 1.81. The van der Waals surface area contributed by atoms with Gasteiger partial charge in [-0.1, -0.05) is 32.4 Å². The van der Waals surface area contributed by atoms with Gasteiger partial charge in [0.25, 0.3) is 0 Å². The lowest BCUT2D eigenvalue weighted by atomic mass is 10.0. The molecule has 1 aromatic carbocycles. The van der Waals surface area contributed by atoms with Crippen molar-refractivity contribution < 1.29 is 13.2 Å². The molecule has 28 heavy (non-hydrogen) atoms. The van der Waals surface area contributed by atoms with E-state index >= 15 is 0 Å². The number of unbranched alkanes of at least 4 members (excludes halogenated alkanes) is 1. The Kier molecular flexibility index (Phi) is 8.96. The van der Waals surface area contributed by atoms with Crippen molar-refractivity contribution in [1.82, 2.24) is 9.80 Å². The number of likely N-dealkylation sites (tertiary alicyclic amines) is 1. The zero-order valence-corrected chi connectivity index (χ0v) is 18.5. The number of hydrogen-bond donors (Lipinski definition) is 0. The smallest absolute Gasteiger partial charge is 0.222 e. The maximum Gasteiger partial charge on any atom is 0.222 e. The molecule has 1 aliphatic heterocycles. The lowest BCUT2D eigenvalue weighted by molar-refractivity contribution is -0.130. The number of sulfone groups is 1. The number of benzene rings is 1. The SMILES string of the molecule is CCN(CCCCN1CCCCCC1=O)CC(C)c1cccc(S(C)(=O)=O)c1. The van der Waals surface area contributed by atoms with Crippen molar-refractivity contribution in [3.05, 3.63) is 29.8 Å². The highest BCUT2D eigenvalue weighted by atomic mass is 32.2. The molecule has 6 heteroatoms. The van der Waals surface area contributed by atoms with Crippen molar-refractivity contribution in [2.45, 2.75) is 63.2 Å². The average Bonchev–Trinajstić information content (AvgIpc) is 2.87. The normalized spacial score (nSPS) is 17.0. The zero-order valence-electron chi connectivity index (χ0n) is 17.7. The van der Waals surface area contributed by atoms with Crippen LogP contribution in [0.25, 0.3) is 0 Å². The van der Waals surface area contributed by atoms with Crippen LogP contribution in [0.4, 0.5) is 0 Å². The van der Waals surface area contributed by atoms with E-state index in [-0.39, 0.29) is 5.92 Å². The number of rotatable bonds is 10. The topological polar surface area (TPSA) is 57.7 Å². The van der Waals surface area contributed by atoms with Crippen molar-refractivity contribution in [3.63, 3.8) is 0 Å². The summed E-state index contributed by atoms with van der Waals surface area (Å²) >= 11 is 0. The highest BCUT2D eigenvalue weighted by Gasteiger charge is 2.17. The lowest BCUT2D eigenvalue weighted by Gasteiger charge is -2.26. The molecule has 0 N–H and O–H groups in total. The molecular weight excluding hydrogens is 372 g/mol. The van der Waals surface area contributed by atoms with Gasteiger partial charge in [0.2, 0.25) is 5.91 Å². The highest BCUT2D eigenvalue weighted by Crippen LogP contribution is 2.20. The van der Waals surface area contributed by atoms with Gasteiger partial charge >= 0.3 is 0 Å². The van der Waals surface area contributed by atoms with Crippen molar-refractivity contribution in [2.24, 2.45) is 0 Å². The molecule has 1 aromatic rings. The zero-order chi connectivity index (χ0) is 20.6. The molecule has 1 heterocycles. The molecule has 158 valence electrons. The molecule has 5 nitrogen and oxygen atoms in total. The van der Waals surface area contributed by atoms with Gasteiger partial charge in [-0.05, 0) is 62.4 Å². The number of carbonyl (C=O) groups excluding carboxylic acids is 1. The van der Waals surface area contributed by atoms with Crippen LogP contribution in [0.1, 0.15) is 63.9 Å². The van der Waals surface area contributed by atoms with E-state index in [9.17, 15) is 13.2 Å². The predicted molar refractivity (Wildman–Crippen MR) is 114 cm³/mol. The van der Waals surface area contributed by atoms with Gasteiger partial charge in [0.1, 0.15) is 0 Å². The van der Waals surface area contributed by atoms with Gasteiger partial charge in [-0.3, -0.25) is 4.79 Å². The molecule has 0 bridgehead atoms. The fourth-order valence-electron chi connectivity index (χ4n) is 3.84. The lowest BCUT2D eigenvalue weighted by Crippen LogP contribution is -2.32. The summed E-state index contributed by atoms with van der Waals surface area (Å²) in [4.78, 5) is 16.9. The van der Waals surface area contributed by atoms with Gasteiger partial charge in [0.15, 0.2) is 9.84 Å². The Morgan fingerprint density at radius 3 is 2.68 bits per heavy atom. The van der Waals surface area contributed by atoms with Crippen LogP contribution in [0.5, 0.6) is 0 Å². The van der Waals surface area contributed by atoms with E-state index in [1.807, 2.05) is 17.0 Å². The molecule has 0 spiro atoms. The first kappa shape index (κ1) is 22.9. The average molecular weight is 409 g/mol. The fraction of sp³-hybridized carbons (Fsp3) is 0.682. The van der Waals surface area contributed by atoms with E-state index in [1.54, 1.807) is 12.1 Å². The number of hydrogen-bond acceptors (Lipinski definition) is 4. The Hall–Kier alpha value is -1.40. The summed E-state index contributed by atoms with van der Waals surface area (Å²) in [7, 11) is -3.17. The standard InChI is InChI=1S/C22H36N2O3S/c1-4-23(14-8-9-16-24-15-7-5-6-13-22(24)25)18-19(2)20-11-10-12-21(17-20)28(3,26)27/h10-12,17,19H,4-9,13-16,18H2,1-3H3. The van der Waals surface area contributed by atoms with Gasteiger partial charge in [-0.25, -0.2) is 8.42 Å². The van der Waals surface area contributed by atoms with Crippen LogP contribution < -0.4 is 0 Å². The molecule has 0 radical (unpaired) electrons. The molecule has 1 atom stereocenters. The van der Waals surface area contributed by atoms with E-state index in [0.29, 0.717) is 17.2 Å². The van der Waals surface area contributed by atoms with Crippen LogP contribution in [-0.4, -0.2) is 63.1 Å². The van der Waals surface area contributed by atoms with Crippen molar-refractivity contribution in [1.29, 1.82) is 0 Å². The van der Waals surface area contributed by atoms with Crippen LogP contribution in [0.15, 0.2) is 29.2 Å². The van der Waals surface area contributed by atoms with Gasteiger partial charge < -0.3 is 9.80 Å². The number of nitrogens with zero attached hydrogens (tertiary/aromatic N) is 2. The third-order valence-corrected chi connectivity index (χ3v) is 6.77. The monoisotopic (exact) mass is 408 g/mol. The molecule has 0 saturated carbocycles. The summed E-state index contributed by atoms with van der Waals surface area (Å²) in [5, 5.41) is 0. The summed E-state index contributed by atoms with van der Waals surface area (Å²) in [5.74, 6) is 0.595. The Bertz CT molecular complexity index is 733. The van der Waals surface area contributed by atoms with Crippen LogP contribution in [-0.2, 0) is 14.6 Å². The van der Waals surface area contributed by atoms with Gasteiger partial charge in [0, 0.05) is 32.3 Å². The van der Waals surface area contributed by atoms with Gasteiger partial charge in [-0.15, -0.1) is 0 Å². The Morgan fingerprint density at radius 2 is 1.96 bits per heavy atom. The maximum atomic E-state index is 12.1. The van der Waals surface area contributed by atoms with E-state index in [1.165, 1.54) is 12.7 Å². The molecular formula is C22H36N2O3S. The Morgan fingerprint density at radius 1 is 1.18 bits per heavy atom. The molecule has 1 unspecified atom stereocenters. The first-order valence-corrected chi connectivity index (χ1v) is 12.5. The first-order chi connectivity index (χ1) is 13.3. The molecule has 0 aliphatic carbocycles. The number of amides is 1. The number of carbonyl (C=O) groups is 1. The van der Waals surface area contributed by atoms with Crippen molar-refractivity contribution in [3.8, 4) is 0 Å². The van der Waals surface area contributed by atoms with Crippen LogP contribution in [0.3, 0.4) is 0 Å². The highest BCUT2D eigenvalue weighted by molar-refractivity contribution is 7.90. The van der Waals surface area contributed by atoms with E-state index in [2.05, 4.69) is 18.7 Å². The molecule has 2 rings (SSSR count). The third-order valence-electron chi connectivity index (χ3n) is 5.66. The van der Waals surface area contributed by atoms with Crippen LogP contribution in [0.2, 0.25) is 0 Å². The second-order valence-electron chi connectivity index (χ2n) is 8.04. The summed E-state index contributed by atoms with van der Waals surface area (Å²) in [5.41, 5.74) is 1.07. The van der Waals surface area contributed by atoms with Gasteiger partial charge in [-0.2, -0.15) is 0 Å².